The van der Waals surface area contributed by atoms with Crippen molar-refractivity contribution in [3.05, 3.63) is 36.5 Å². The molecule has 0 amide bonds. The molecule has 1 aromatic heterocycles. The summed E-state index contributed by atoms with van der Waals surface area (Å²) >= 11 is 0. The highest BCUT2D eigenvalue weighted by Crippen LogP contribution is 2.26. The number of rotatable bonds is 6. The first kappa shape index (κ1) is 20.7. The molecular formula is C18H29IN4O. The Kier molecular flexibility index (Phi) is 9.75. The number of ether oxygens (including phenoxy) is 1. The summed E-state index contributed by atoms with van der Waals surface area (Å²) in [6.07, 6.45) is 8.67. The van der Waals surface area contributed by atoms with E-state index in [2.05, 4.69) is 34.1 Å². The summed E-state index contributed by atoms with van der Waals surface area (Å²) in [6.45, 7) is 7.36. The third kappa shape index (κ3) is 7.07. The van der Waals surface area contributed by atoms with Crippen LogP contribution in [0.3, 0.4) is 0 Å². The first-order chi connectivity index (χ1) is 11.2. The first-order valence-electron chi connectivity index (χ1n) is 8.38. The Hall–Kier alpha value is -1.31. The predicted octanol–water partition coefficient (Wildman–Crippen LogP) is 3.51. The lowest BCUT2D eigenvalue weighted by atomic mass is 9.89. The van der Waals surface area contributed by atoms with E-state index in [9.17, 15) is 0 Å². The normalized spacial score (nSPS) is 20.7. The summed E-state index contributed by atoms with van der Waals surface area (Å²) in [6, 6.07) is 4.00. The molecule has 0 radical (unpaired) electrons. The van der Waals surface area contributed by atoms with Crippen LogP contribution in [-0.2, 0) is 6.54 Å². The minimum atomic E-state index is 0. The zero-order valence-corrected chi connectivity index (χ0v) is 17.0. The number of hydrogen-bond acceptors (Lipinski definition) is 3. The minimum absolute atomic E-state index is 0. The maximum atomic E-state index is 6.04. The molecule has 2 rings (SSSR count). The number of guanidine groups is 1. The van der Waals surface area contributed by atoms with Crippen LogP contribution in [0.1, 0.15) is 38.2 Å². The van der Waals surface area contributed by atoms with Crippen LogP contribution in [0, 0.1) is 5.92 Å². The second kappa shape index (κ2) is 11.3. The quantitative estimate of drug-likeness (QED) is 0.305. The Balaban J connectivity index is 0.00000288. The number of aromatic nitrogens is 1. The van der Waals surface area contributed by atoms with Crippen LogP contribution in [0.25, 0.3) is 0 Å². The lowest BCUT2D eigenvalue weighted by Crippen LogP contribution is -2.36. The van der Waals surface area contributed by atoms with Gasteiger partial charge in [0.15, 0.2) is 5.96 Å². The maximum Gasteiger partial charge on any atom is 0.213 e. The standard InChI is InChI=1S/C18H28N4O.HI/c1-4-10-21-18(19-3)22-13-15-9-11-20-17(12-15)23-16-7-5-14(2)6-8-16;/h4,9,11-12,14,16H,1,5-8,10,13H2,2-3H3,(H2,19,21,22);1H. The Bertz CT molecular complexity index is 528. The van der Waals surface area contributed by atoms with Crippen molar-refractivity contribution in [2.75, 3.05) is 13.6 Å². The van der Waals surface area contributed by atoms with Gasteiger partial charge in [0.1, 0.15) is 6.10 Å². The van der Waals surface area contributed by atoms with E-state index >= 15 is 0 Å². The molecule has 0 spiro atoms. The minimum Gasteiger partial charge on any atom is -0.474 e. The van der Waals surface area contributed by atoms with Gasteiger partial charge in [0.05, 0.1) is 0 Å². The molecule has 0 atom stereocenters. The van der Waals surface area contributed by atoms with E-state index in [1.165, 1.54) is 12.8 Å². The Morgan fingerprint density at radius 1 is 1.38 bits per heavy atom. The molecule has 0 saturated heterocycles. The number of aliphatic imine (C=N–C) groups is 1. The van der Waals surface area contributed by atoms with Crippen molar-refractivity contribution >= 4 is 29.9 Å². The van der Waals surface area contributed by atoms with Gasteiger partial charge in [-0.3, -0.25) is 4.99 Å². The summed E-state index contributed by atoms with van der Waals surface area (Å²) in [5, 5.41) is 6.41. The molecule has 1 aliphatic carbocycles. The highest BCUT2D eigenvalue weighted by Gasteiger charge is 2.19. The van der Waals surface area contributed by atoms with Gasteiger partial charge < -0.3 is 15.4 Å². The molecule has 1 fully saturated rings. The van der Waals surface area contributed by atoms with Crippen LogP contribution in [0.5, 0.6) is 5.88 Å². The molecule has 1 aliphatic rings. The molecule has 0 aliphatic heterocycles. The van der Waals surface area contributed by atoms with Crippen molar-refractivity contribution < 1.29 is 4.74 Å². The molecule has 134 valence electrons. The van der Waals surface area contributed by atoms with Gasteiger partial charge >= 0.3 is 0 Å². The van der Waals surface area contributed by atoms with E-state index in [-0.39, 0.29) is 24.0 Å². The fourth-order valence-corrected chi connectivity index (χ4v) is 2.72. The van der Waals surface area contributed by atoms with Gasteiger partial charge in [-0.05, 0) is 43.2 Å². The highest BCUT2D eigenvalue weighted by molar-refractivity contribution is 14.0. The van der Waals surface area contributed by atoms with Crippen molar-refractivity contribution in [2.45, 2.75) is 45.3 Å². The Morgan fingerprint density at radius 2 is 2.12 bits per heavy atom. The third-order valence-corrected chi connectivity index (χ3v) is 4.15. The molecule has 1 aromatic rings. The van der Waals surface area contributed by atoms with Crippen LogP contribution in [0.4, 0.5) is 0 Å². The molecular weight excluding hydrogens is 415 g/mol. The van der Waals surface area contributed by atoms with Crippen molar-refractivity contribution in [2.24, 2.45) is 10.9 Å². The summed E-state index contributed by atoms with van der Waals surface area (Å²) < 4.78 is 6.04. The monoisotopic (exact) mass is 444 g/mol. The van der Waals surface area contributed by atoms with E-state index in [1.807, 2.05) is 12.1 Å². The maximum absolute atomic E-state index is 6.04. The lowest BCUT2D eigenvalue weighted by molar-refractivity contribution is 0.130. The number of nitrogens with one attached hydrogen (secondary N) is 2. The van der Waals surface area contributed by atoms with Gasteiger partial charge in [0.2, 0.25) is 5.88 Å². The number of nitrogens with zero attached hydrogens (tertiary/aromatic N) is 2. The average Bonchev–Trinajstić information content (AvgIpc) is 2.57. The SMILES string of the molecule is C=CCNC(=NC)NCc1ccnc(OC2CCC(C)CC2)c1.I. The Morgan fingerprint density at radius 3 is 2.79 bits per heavy atom. The summed E-state index contributed by atoms with van der Waals surface area (Å²) in [7, 11) is 1.75. The molecule has 0 aromatic carbocycles. The predicted molar refractivity (Wildman–Crippen MR) is 110 cm³/mol. The number of halogens is 1. The molecule has 0 bridgehead atoms. The smallest absolute Gasteiger partial charge is 0.213 e. The van der Waals surface area contributed by atoms with E-state index in [4.69, 9.17) is 4.74 Å². The van der Waals surface area contributed by atoms with Gasteiger partial charge in [-0.25, -0.2) is 4.98 Å². The molecule has 0 unspecified atom stereocenters. The highest BCUT2D eigenvalue weighted by atomic mass is 127. The lowest BCUT2D eigenvalue weighted by Gasteiger charge is -2.26. The van der Waals surface area contributed by atoms with Gasteiger partial charge in [-0.1, -0.05) is 13.0 Å². The molecule has 6 heteroatoms. The third-order valence-electron chi connectivity index (χ3n) is 4.15. The van der Waals surface area contributed by atoms with Crippen molar-refractivity contribution in [1.29, 1.82) is 0 Å². The fourth-order valence-electron chi connectivity index (χ4n) is 2.72. The van der Waals surface area contributed by atoms with Crippen molar-refractivity contribution in [1.82, 2.24) is 15.6 Å². The van der Waals surface area contributed by atoms with E-state index in [1.54, 1.807) is 19.3 Å². The molecule has 2 N–H and O–H groups in total. The zero-order chi connectivity index (χ0) is 16.5. The van der Waals surface area contributed by atoms with Crippen LogP contribution in [-0.4, -0.2) is 30.6 Å². The number of hydrogen-bond donors (Lipinski definition) is 2. The Labute approximate surface area is 162 Å². The fraction of sp³-hybridized carbons (Fsp3) is 0.556. The zero-order valence-electron chi connectivity index (χ0n) is 14.6. The van der Waals surface area contributed by atoms with Crippen LogP contribution < -0.4 is 15.4 Å². The van der Waals surface area contributed by atoms with E-state index in [0.717, 1.165) is 36.2 Å². The second-order valence-electron chi connectivity index (χ2n) is 6.10. The van der Waals surface area contributed by atoms with Gasteiger partial charge in [-0.15, -0.1) is 30.6 Å². The molecule has 24 heavy (non-hydrogen) atoms. The summed E-state index contributed by atoms with van der Waals surface area (Å²) in [5.74, 6) is 2.30. The molecule has 1 heterocycles. The van der Waals surface area contributed by atoms with Gasteiger partial charge in [0, 0.05) is 32.4 Å². The van der Waals surface area contributed by atoms with Crippen molar-refractivity contribution in [3.63, 3.8) is 0 Å². The van der Waals surface area contributed by atoms with E-state index in [0.29, 0.717) is 19.2 Å². The first-order valence-corrected chi connectivity index (χ1v) is 8.38. The largest absolute Gasteiger partial charge is 0.474 e. The topological polar surface area (TPSA) is 58.5 Å². The second-order valence-corrected chi connectivity index (χ2v) is 6.10. The van der Waals surface area contributed by atoms with Crippen LogP contribution >= 0.6 is 24.0 Å². The number of pyridine rings is 1. The summed E-state index contributed by atoms with van der Waals surface area (Å²) in [5.41, 5.74) is 1.13. The van der Waals surface area contributed by atoms with Crippen LogP contribution in [0.2, 0.25) is 0 Å². The average molecular weight is 444 g/mol. The van der Waals surface area contributed by atoms with E-state index < -0.39 is 0 Å². The van der Waals surface area contributed by atoms with Crippen LogP contribution in [0.15, 0.2) is 36.0 Å². The van der Waals surface area contributed by atoms with Gasteiger partial charge in [-0.2, -0.15) is 0 Å². The van der Waals surface area contributed by atoms with Gasteiger partial charge in [0.25, 0.3) is 0 Å². The van der Waals surface area contributed by atoms with Crippen molar-refractivity contribution in [3.8, 4) is 5.88 Å². The molecule has 1 saturated carbocycles. The molecule has 5 nitrogen and oxygen atoms in total. The summed E-state index contributed by atoms with van der Waals surface area (Å²) in [4.78, 5) is 8.50.